The maximum atomic E-state index is 11.1. The molecule has 0 amide bonds. The highest BCUT2D eigenvalue weighted by atomic mass is 32.2. The lowest BCUT2D eigenvalue weighted by molar-refractivity contribution is -0.139. The van der Waals surface area contributed by atoms with Gasteiger partial charge in [0.15, 0.2) is 0 Å². The molecule has 0 unspecified atom stereocenters. The average Bonchev–Trinajstić information content (AvgIpc) is 2.69. The van der Waals surface area contributed by atoms with E-state index < -0.39 is 12.0 Å². The van der Waals surface area contributed by atoms with Gasteiger partial charge < -0.3 is 5.11 Å². The first kappa shape index (κ1) is 11.0. The molecule has 0 spiro atoms. The Bertz CT molecular complexity index is 362. The van der Waals surface area contributed by atoms with Crippen LogP contribution in [0.2, 0.25) is 0 Å². The number of rotatable bonds is 2. The number of thiophene rings is 1. The summed E-state index contributed by atoms with van der Waals surface area (Å²) in [4.78, 5) is 11.1. The lowest BCUT2D eigenvalue weighted by Crippen LogP contribution is -2.43. The van der Waals surface area contributed by atoms with Gasteiger partial charge in [0, 0.05) is 4.75 Å². The smallest absolute Gasteiger partial charge is 0.322 e. The van der Waals surface area contributed by atoms with Crippen LogP contribution in [0, 0.1) is 0 Å². The van der Waals surface area contributed by atoms with E-state index in [1.807, 2.05) is 25.3 Å². The van der Waals surface area contributed by atoms with E-state index in [0.717, 1.165) is 0 Å². The normalized spacial score (nSPS) is 29.2. The summed E-state index contributed by atoms with van der Waals surface area (Å²) < 4.78 is -0.265. The van der Waals surface area contributed by atoms with Crippen LogP contribution in [0.25, 0.3) is 0 Å². The second kappa shape index (κ2) is 3.81. The highest BCUT2D eigenvalue weighted by Gasteiger charge is 2.45. The SMILES string of the molecule is CC1(C)S[C@@H](c2ccsc2)N[C@@H]1C(=O)O. The van der Waals surface area contributed by atoms with E-state index in [1.54, 1.807) is 23.1 Å². The Balaban J connectivity index is 2.19. The lowest BCUT2D eigenvalue weighted by atomic mass is 10.0. The van der Waals surface area contributed by atoms with Crippen LogP contribution in [0.1, 0.15) is 24.8 Å². The average molecular weight is 243 g/mol. The van der Waals surface area contributed by atoms with E-state index >= 15 is 0 Å². The monoisotopic (exact) mass is 243 g/mol. The van der Waals surface area contributed by atoms with Gasteiger partial charge in [0.25, 0.3) is 0 Å². The molecule has 2 N–H and O–H groups in total. The van der Waals surface area contributed by atoms with Gasteiger partial charge in [-0.2, -0.15) is 11.3 Å². The van der Waals surface area contributed by atoms with Gasteiger partial charge >= 0.3 is 5.97 Å². The molecule has 1 aromatic heterocycles. The number of carboxylic acids is 1. The molecular weight excluding hydrogens is 230 g/mol. The van der Waals surface area contributed by atoms with Crippen molar-refractivity contribution in [1.29, 1.82) is 0 Å². The first-order valence-corrected chi connectivity index (χ1v) is 6.52. The van der Waals surface area contributed by atoms with Crippen molar-refractivity contribution >= 4 is 29.1 Å². The van der Waals surface area contributed by atoms with Gasteiger partial charge in [-0.05, 0) is 36.2 Å². The van der Waals surface area contributed by atoms with Crippen LogP contribution in [0.4, 0.5) is 0 Å². The summed E-state index contributed by atoms with van der Waals surface area (Å²) in [6.07, 6.45) is 0. The zero-order chi connectivity index (χ0) is 11.1. The van der Waals surface area contributed by atoms with Gasteiger partial charge in [-0.1, -0.05) is 0 Å². The third kappa shape index (κ3) is 2.04. The summed E-state index contributed by atoms with van der Waals surface area (Å²) in [6.45, 7) is 3.94. The first-order chi connectivity index (χ1) is 7.00. The van der Waals surface area contributed by atoms with Crippen molar-refractivity contribution < 1.29 is 9.90 Å². The lowest BCUT2D eigenvalue weighted by Gasteiger charge is -2.20. The molecule has 0 radical (unpaired) electrons. The van der Waals surface area contributed by atoms with Crippen molar-refractivity contribution in [3.05, 3.63) is 22.4 Å². The topological polar surface area (TPSA) is 49.3 Å². The maximum absolute atomic E-state index is 11.1. The Kier molecular flexibility index (Phi) is 2.79. The molecule has 2 heterocycles. The molecule has 3 nitrogen and oxygen atoms in total. The predicted molar refractivity (Wildman–Crippen MR) is 63.3 cm³/mol. The van der Waals surface area contributed by atoms with E-state index in [2.05, 4.69) is 10.7 Å². The molecule has 1 fully saturated rings. The van der Waals surface area contributed by atoms with E-state index in [4.69, 9.17) is 5.11 Å². The summed E-state index contributed by atoms with van der Waals surface area (Å²) in [6, 6.07) is 1.56. The van der Waals surface area contributed by atoms with Gasteiger partial charge in [-0.15, -0.1) is 11.8 Å². The molecule has 0 saturated carbocycles. The number of hydrogen-bond acceptors (Lipinski definition) is 4. The second-order valence-electron chi connectivity index (χ2n) is 4.10. The minimum absolute atomic E-state index is 0.104. The van der Waals surface area contributed by atoms with Gasteiger partial charge in [-0.3, -0.25) is 10.1 Å². The quantitative estimate of drug-likeness (QED) is 0.837. The molecule has 15 heavy (non-hydrogen) atoms. The minimum atomic E-state index is -0.773. The van der Waals surface area contributed by atoms with Crippen LogP contribution < -0.4 is 5.32 Å². The molecule has 0 aliphatic carbocycles. The standard InChI is InChI=1S/C10H13NO2S2/c1-10(2)7(9(12)13)11-8(15-10)6-3-4-14-5-6/h3-5,7-8,11H,1-2H3,(H,12,13)/t7-,8+/m1/s1. The van der Waals surface area contributed by atoms with E-state index in [0.29, 0.717) is 0 Å². The number of thioether (sulfide) groups is 1. The molecule has 82 valence electrons. The first-order valence-electron chi connectivity index (χ1n) is 4.69. The molecule has 2 atom stereocenters. The summed E-state index contributed by atoms with van der Waals surface area (Å²) in [7, 11) is 0. The summed E-state index contributed by atoms with van der Waals surface area (Å²) >= 11 is 3.31. The zero-order valence-electron chi connectivity index (χ0n) is 8.56. The largest absolute Gasteiger partial charge is 0.480 e. The van der Waals surface area contributed by atoms with E-state index in [1.165, 1.54) is 5.56 Å². The van der Waals surface area contributed by atoms with Crippen molar-refractivity contribution in [1.82, 2.24) is 5.32 Å². The Morgan fingerprint density at radius 3 is 2.80 bits per heavy atom. The number of nitrogens with one attached hydrogen (secondary N) is 1. The van der Waals surface area contributed by atoms with Gasteiger partial charge in [0.05, 0.1) is 5.37 Å². The molecule has 0 aromatic carbocycles. The predicted octanol–water partition coefficient (Wildman–Crippen LogP) is 2.31. The third-order valence-corrected chi connectivity index (χ3v) is 4.72. The van der Waals surface area contributed by atoms with Crippen molar-refractivity contribution in [2.45, 2.75) is 30.0 Å². The van der Waals surface area contributed by atoms with Crippen LogP contribution in [-0.2, 0) is 4.79 Å². The van der Waals surface area contributed by atoms with Crippen LogP contribution in [0.5, 0.6) is 0 Å². The number of carboxylic acid groups (broad SMARTS) is 1. The van der Waals surface area contributed by atoms with Gasteiger partial charge in [-0.25, -0.2) is 0 Å². The van der Waals surface area contributed by atoms with Crippen molar-refractivity contribution in [2.75, 3.05) is 0 Å². The van der Waals surface area contributed by atoms with Crippen LogP contribution in [-0.4, -0.2) is 21.9 Å². The van der Waals surface area contributed by atoms with Crippen LogP contribution >= 0.6 is 23.1 Å². The molecule has 0 bridgehead atoms. The highest BCUT2D eigenvalue weighted by Crippen LogP contribution is 2.45. The number of carbonyl (C=O) groups is 1. The van der Waals surface area contributed by atoms with E-state index in [9.17, 15) is 4.79 Å². The molecular formula is C10H13NO2S2. The second-order valence-corrected chi connectivity index (χ2v) is 6.64. The van der Waals surface area contributed by atoms with E-state index in [-0.39, 0.29) is 10.1 Å². The fourth-order valence-corrected chi connectivity index (χ4v) is 3.89. The molecule has 1 aliphatic rings. The zero-order valence-corrected chi connectivity index (χ0v) is 10.2. The van der Waals surface area contributed by atoms with Crippen molar-refractivity contribution in [3.63, 3.8) is 0 Å². The number of hydrogen-bond donors (Lipinski definition) is 2. The molecule has 1 saturated heterocycles. The van der Waals surface area contributed by atoms with Crippen molar-refractivity contribution in [3.8, 4) is 0 Å². The Hall–Kier alpha value is -0.520. The van der Waals surface area contributed by atoms with Crippen molar-refractivity contribution in [2.24, 2.45) is 0 Å². The van der Waals surface area contributed by atoms with Crippen LogP contribution in [0.15, 0.2) is 16.8 Å². The highest BCUT2D eigenvalue weighted by molar-refractivity contribution is 8.01. The summed E-state index contributed by atoms with van der Waals surface area (Å²) in [5.74, 6) is -0.773. The Morgan fingerprint density at radius 1 is 1.60 bits per heavy atom. The Labute approximate surface area is 96.9 Å². The fraction of sp³-hybridized carbons (Fsp3) is 0.500. The third-order valence-electron chi connectivity index (χ3n) is 2.53. The molecule has 1 aliphatic heterocycles. The maximum Gasteiger partial charge on any atom is 0.322 e. The number of aliphatic carboxylic acids is 1. The minimum Gasteiger partial charge on any atom is -0.480 e. The van der Waals surface area contributed by atoms with Gasteiger partial charge in [0.2, 0.25) is 0 Å². The summed E-state index contributed by atoms with van der Waals surface area (Å²) in [5.41, 5.74) is 1.17. The Morgan fingerprint density at radius 2 is 2.33 bits per heavy atom. The molecule has 5 heteroatoms. The molecule has 2 rings (SSSR count). The van der Waals surface area contributed by atoms with Gasteiger partial charge in [0.1, 0.15) is 6.04 Å². The fourth-order valence-electron chi connectivity index (χ4n) is 1.71. The summed E-state index contributed by atoms with van der Waals surface area (Å²) in [5, 5.41) is 16.4. The molecule has 1 aromatic rings. The van der Waals surface area contributed by atoms with Crippen LogP contribution in [0.3, 0.4) is 0 Å².